The fraction of sp³-hybridized carbons (Fsp3) is 0.333. The van der Waals surface area contributed by atoms with E-state index in [4.69, 9.17) is 9.47 Å². The van der Waals surface area contributed by atoms with Crippen molar-refractivity contribution in [3.05, 3.63) is 48.5 Å². The van der Waals surface area contributed by atoms with Gasteiger partial charge in [-0.2, -0.15) is 0 Å². The lowest BCUT2D eigenvalue weighted by Crippen LogP contribution is -2.25. The van der Waals surface area contributed by atoms with Crippen LogP contribution in [-0.2, 0) is 9.59 Å². The van der Waals surface area contributed by atoms with Gasteiger partial charge in [0, 0.05) is 0 Å². The Morgan fingerprint density at radius 1 is 0.893 bits per heavy atom. The molecule has 2 amide bonds. The van der Waals surface area contributed by atoms with Crippen LogP contribution in [0.15, 0.2) is 48.5 Å². The molecule has 2 aromatic rings. The Kier molecular flexibility index (Phi) is 8.68. The Hall–Kier alpha value is -2.67. The van der Waals surface area contributed by atoms with Crippen molar-refractivity contribution in [1.82, 2.24) is 0 Å². The number of benzene rings is 2. The average Bonchev–Trinajstić information content (AvgIpc) is 2.69. The zero-order valence-corrected chi connectivity index (χ0v) is 17.2. The van der Waals surface area contributed by atoms with Crippen molar-refractivity contribution in [2.75, 3.05) is 29.6 Å². The number of para-hydroxylation sites is 4. The van der Waals surface area contributed by atoms with Gasteiger partial charge in [-0.15, -0.1) is 11.8 Å². The molecule has 150 valence electrons. The van der Waals surface area contributed by atoms with Gasteiger partial charge in [0.15, 0.2) is 0 Å². The number of ether oxygens (including phenoxy) is 2. The third kappa shape index (κ3) is 6.49. The molecule has 7 heteroatoms. The van der Waals surface area contributed by atoms with Crippen LogP contribution in [0.5, 0.6) is 11.5 Å². The van der Waals surface area contributed by atoms with Crippen molar-refractivity contribution >= 4 is 35.0 Å². The monoisotopic (exact) mass is 402 g/mol. The van der Waals surface area contributed by atoms with Crippen LogP contribution >= 0.6 is 11.8 Å². The first-order valence-corrected chi connectivity index (χ1v) is 10.3. The summed E-state index contributed by atoms with van der Waals surface area (Å²) in [6.07, 6.45) is 0. The molecule has 0 spiro atoms. The van der Waals surface area contributed by atoms with E-state index in [9.17, 15) is 9.59 Å². The summed E-state index contributed by atoms with van der Waals surface area (Å²) in [5.41, 5.74) is 1.24. The van der Waals surface area contributed by atoms with E-state index in [2.05, 4.69) is 10.6 Å². The summed E-state index contributed by atoms with van der Waals surface area (Å²) < 4.78 is 11.0. The minimum absolute atomic E-state index is 0.155. The molecule has 0 radical (unpaired) electrons. The van der Waals surface area contributed by atoms with E-state index in [0.717, 1.165) is 0 Å². The van der Waals surface area contributed by atoms with Gasteiger partial charge in [-0.3, -0.25) is 9.59 Å². The number of hydrogen-bond acceptors (Lipinski definition) is 5. The van der Waals surface area contributed by atoms with Crippen molar-refractivity contribution in [3.63, 3.8) is 0 Å². The smallest absolute Gasteiger partial charge is 0.237 e. The Morgan fingerprint density at radius 3 is 1.93 bits per heavy atom. The largest absolute Gasteiger partial charge is 0.492 e. The molecule has 1 atom stereocenters. The maximum Gasteiger partial charge on any atom is 0.237 e. The average molecular weight is 403 g/mol. The van der Waals surface area contributed by atoms with Crippen molar-refractivity contribution in [2.24, 2.45) is 0 Å². The van der Waals surface area contributed by atoms with Crippen LogP contribution in [0, 0.1) is 0 Å². The fourth-order valence-corrected chi connectivity index (χ4v) is 3.08. The lowest BCUT2D eigenvalue weighted by molar-refractivity contribution is -0.115. The van der Waals surface area contributed by atoms with E-state index in [-0.39, 0.29) is 17.6 Å². The molecule has 0 saturated carbocycles. The first-order chi connectivity index (χ1) is 13.5. The fourth-order valence-electron chi connectivity index (χ4n) is 2.40. The standard InChI is InChI=1S/C21H26N2O4S/c1-4-26-18-12-8-6-10-16(18)22-20(24)14-28-15(3)21(25)23-17-11-7-9-13-19(17)27-5-2/h6-13,15H,4-5,14H2,1-3H3,(H,22,24)(H,23,25)/t15-/m0/s1. The lowest BCUT2D eigenvalue weighted by atomic mass is 10.3. The molecule has 0 saturated heterocycles. The predicted molar refractivity (Wildman–Crippen MR) is 114 cm³/mol. The molecule has 0 aliphatic carbocycles. The van der Waals surface area contributed by atoms with Crippen LogP contribution < -0.4 is 20.1 Å². The second-order valence-corrected chi connectivity index (χ2v) is 7.18. The molecule has 2 N–H and O–H groups in total. The number of nitrogens with one attached hydrogen (secondary N) is 2. The van der Waals surface area contributed by atoms with E-state index >= 15 is 0 Å². The van der Waals surface area contributed by atoms with Crippen LogP contribution in [-0.4, -0.2) is 36.0 Å². The minimum atomic E-state index is -0.400. The van der Waals surface area contributed by atoms with Gasteiger partial charge in [-0.25, -0.2) is 0 Å². The molecule has 2 aromatic carbocycles. The highest BCUT2D eigenvalue weighted by atomic mass is 32.2. The van der Waals surface area contributed by atoms with E-state index in [1.54, 1.807) is 31.2 Å². The number of carbonyl (C=O) groups is 2. The second-order valence-electron chi connectivity index (χ2n) is 5.85. The third-order valence-corrected chi connectivity index (χ3v) is 4.88. The normalized spacial score (nSPS) is 11.4. The van der Waals surface area contributed by atoms with E-state index in [0.29, 0.717) is 36.1 Å². The zero-order valence-electron chi connectivity index (χ0n) is 16.4. The topological polar surface area (TPSA) is 76.7 Å². The summed E-state index contributed by atoms with van der Waals surface area (Å²) in [6.45, 7) is 6.57. The maximum absolute atomic E-state index is 12.4. The van der Waals surface area contributed by atoms with Gasteiger partial charge < -0.3 is 20.1 Å². The highest BCUT2D eigenvalue weighted by Gasteiger charge is 2.17. The Morgan fingerprint density at radius 2 is 1.39 bits per heavy atom. The molecule has 0 aromatic heterocycles. The molecule has 6 nitrogen and oxygen atoms in total. The number of carbonyl (C=O) groups excluding carboxylic acids is 2. The molecular formula is C21H26N2O4S. The van der Waals surface area contributed by atoms with Gasteiger partial charge in [-0.05, 0) is 45.0 Å². The number of rotatable bonds is 10. The Labute approximate surface area is 170 Å². The van der Waals surface area contributed by atoms with Crippen LogP contribution in [0.25, 0.3) is 0 Å². The number of thioether (sulfide) groups is 1. The lowest BCUT2D eigenvalue weighted by Gasteiger charge is -2.15. The summed E-state index contributed by atoms with van der Waals surface area (Å²) in [7, 11) is 0. The van der Waals surface area contributed by atoms with Crippen molar-refractivity contribution in [3.8, 4) is 11.5 Å². The van der Waals surface area contributed by atoms with Crippen LogP contribution in [0.1, 0.15) is 20.8 Å². The first-order valence-electron chi connectivity index (χ1n) is 9.21. The van der Waals surface area contributed by atoms with Crippen molar-refractivity contribution in [1.29, 1.82) is 0 Å². The van der Waals surface area contributed by atoms with E-state index < -0.39 is 5.25 Å². The number of amides is 2. The summed E-state index contributed by atoms with van der Waals surface area (Å²) in [5.74, 6) is 1.04. The molecule has 0 heterocycles. The SMILES string of the molecule is CCOc1ccccc1NC(=O)CS[C@@H](C)C(=O)Nc1ccccc1OCC. The van der Waals surface area contributed by atoms with Gasteiger partial charge in [0.2, 0.25) is 11.8 Å². The molecule has 0 unspecified atom stereocenters. The minimum Gasteiger partial charge on any atom is -0.492 e. The first kappa shape index (κ1) is 21.6. The molecule has 0 aliphatic heterocycles. The van der Waals surface area contributed by atoms with Crippen LogP contribution in [0.4, 0.5) is 11.4 Å². The summed E-state index contributed by atoms with van der Waals surface area (Å²) in [4.78, 5) is 24.7. The molecule has 0 fully saturated rings. The van der Waals surface area contributed by atoms with Crippen molar-refractivity contribution < 1.29 is 19.1 Å². The maximum atomic E-state index is 12.4. The second kappa shape index (κ2) is 11.2. The van der Waals surface area contributed by atoms with Gasteiger partial charge in [0.25, 0.3) is 0 Å². The van der Waals surface area contributed by atoms with Gasteiger partial charge >= 0.3 is 0 Å². The summed E-state index contributed by atoms with van der Waals surface area (Å²) in [5, 5.41) is 5.29. The molecule has 2 rings (SSSR count). The van der Waals surface area contributed by atoms with Crippen molar-refractivity contribution in [2.45, 2.75) is 26.0 Å². The molecular weight excluding hydrogens is 376 g/mol. The molecule has 0 aliphatic rings. The molecule has 0 bridgehead atoms. The van der Waals surface area contributed by atoms with Gasteiger partial charge in [0.05, 0.1) is 35.6 Å². The molecule has 28 heavy (non-hydrogen) atoms. The van der Waals surface area contributed by atoms with E-state index in [1.807, 2.05) is 38.1 Å². The number of hydrogen-bond donors (Lipinski definition) is 2. The van der Waals surface area contributed by atoms with Crippen LogP contribution in [0.3, 0.4) is 0 Å². The highest BCUT2D eigenvalue weighted by Crippen LogP contribution is 2.26. The summed E-state index contributed by atoms with van der Waals surface area (Å²) in [6, 6.07) is 14.5. The van der Waals surface area contributed by atoms with Gasteiger partial charge in [0.1, 0.15) is 11.5 Å². The predicted octanol–water partition coefficient (Wildman–Crippen LogP) is 4.18. The van der Waals surface area contributed by atoms with E-state index in [1.165, 1.54) is 11.8 Å². The third-order valence-electron chi connectivity index (χ3n) is 3.74. The zero-order chi connectivity index (χ0) is 20.4. The summed E-state index contributed by atoms with van der Waals surface area (Å²) >= 11 is 1.26. The number of anilines is 2. The Bertz CT molecular complexity index is 797. The van der Waals surface area contributed by atoms with Crippen LogP contribution in [0.2, 0.25) is 0 Å². The Balaban J connectivity index is 1.87. The highest BCUT2D eigenvalue weighted by molar-refractivity contribution is 8.01. The quantitative estimate of drug-likeness (QED) is 0.623. The van der Waals surface area contributed by atoms with Gasteiger partial charge in [-0.1, -0.05) is 24.3 Å².